The van der Waals surface area contributed by atoms with Gasteiger partial charge in [0.05, 0.1) is 13.2 Å². The maximum Gasteiger partial charge on any atom is 0.282 e. The molecule has 6 nitrogen and oxygen atoms in total. The third-order valence-corrected chi connectivity index (χ3v) is 5.65. The first-order valence-corrected chi connectivity index (χ1v) is 8.50. The van der Waals surface area contributed by atoms with Gasteiger partial charge in [-0.2, -0.15) is 17.0 Å². The lowest BCUT2D eigenvalue weighted by Crippen LogP contribution is -2.50. The Morgan fingerprint density at radius 1 is 1.24 bits per heavy atom. The van der Waals surface area contributed by atoms with Gasteiger partial charge in [-0.25, -0.2) is 0 Å². The first-order chi connectivity index (χ1) is 9.91. The van der Waals surface area contributed by atoms with E-state index in [2.05, 4.69) is 0 Å². The summed E-state index contributed by atoms with van der Waals surface area (Å²) in [6.45, 7) is 5.84. The number of nitrogen functional groups attached to an aromatic ring is 1. The first kappa shape index (κ1) is 16.2. The van der Waals surface area contributed by atoms with Gasteiger partial charge in [0.15, 0.2) is 0 Å². The molecule has 1 aliphatic rings. The van der Waals surface area contributed by atoms with Crippen LogP contribution in [-0.4, -0.2) is 49.4 Å². The third kappa shape index (κ3) is 3.94. The van der Waals surface area contributed by atoms with E-state index in [1.54, 1.807) is 12.1 Å². The smallest absolute Gasteiger partial charge is 0.282 e. The molecule has 0 bridgehead atoms. The fourth-order valence-corrected chi connectivity index (χ4v) is 4.01. The molecule has 0 amide bonds. The molecule has 1 aliphatic heterocycles. The van der Waals surface area contributed by atoms with E-state index in [-0.39, 0.29) is 6.04 Å². The van der Waals surface area contributed by atoms with Crippen LogP contribution in [0.1, 0.15) is 19.4 Å². The average molecular weight is 313 g/mol. The van der Waals surface area contributed by atoms with Crippen LogP contribution in [-0.2, 0) is 21.5 Å². The number of anilines is 1. The van der Waals surface area contributed by atoms with Gasteiger partial charge in [-0.05, 0) is 31.5 Å². The van der Waals surface area contributed by atoms with Crippen LogP contribution in [0.25, 0.3) is 0 Å². The second kappa shape index (κ2) is 6.74. The summed E-state index contributed by atoms with van der Waals surface area (Å²) in [6, 6.07) is 7.18. The van der Waals surface area contributed by atoms with Crippen molar-refractivity contribution in [2.45, 2.75) is 26.4 Å². The molecule has 0 atom stereocenters. The Bertz CT molecular complexity index is 551. The molecular weight excluding hydrogens is 290 g/mol. The Labute approximate surface area is 126 Å². The summed E-state index contributed by atoms with van der Waals surface area (Å²) in [5, 5.41) is 0. The normalized spacial score (nSPS) is 17.5. The molecule has 1 aromatic carbocycles. The number of hydrogen-bond acceptors (Lipinski definition) is 4. The summed E-state index contributed by atoms with van der Waals surface area (Å²) >= 11 is 0. The minimum absolute atomic E-state index is 0.115. The number of hydrogen-bond donors (Lipinski definition) is 1. The second-order valence-corrected chi connectivity index (χ2v) is 7.28. The van der Waals surface area contributed by atoms with Crippen LogP contribution in [0.15, 0.2) is 24.3 Å². The first-order valence-electron chi connectivity index (χ1n) is 7.10. The number of ether oxygens (including phenoxy) is 1. The van der Waals surface area contributed by atoms with Gasteiger partial charge >= 0.3 is 0 Å². The molecule has 1 fully saturated rings. The summed E-state index contributed by atoms with van der Waals surface area (Å²) < 4.78 is 33.8. The molecular formula is C14H23N3O3S. The van der Waals surface area contributed by atoms with E-state index in [0.29, 0.717) is 38.5 Å². The lowest BCUT2D eigenvalue weighted by molar-refractivity contribution is 0.0693. The SMILES string of the molecule is CC(C)N(Cc1ccc(N)cc1)S(=O)(=O)N1CCOCC1. The van der Waals surface area contributed by atoms with E-state index in [0.717, 1.165) is 5.56 Å². The van der Waals surface area contributed by atoms with Crippen molar-refractivity contribution in [1.29, 1.82) is 0 Å². The number of morpholine rings is 1. The zero-order valence-electron chi connectivity index (χ0n) is 12.5. The Kier molecular flexibility index (Phi) is 5.21. The molecule has 2 rings (SSSR count). The standard InChI is InChI=1S/C14H23N3O3S/c1-12(2)17(11-13-3-5-14(15)6-4-13)21(18,19)16-7-9-20-10-8-16/h3-6,12H,7-11,15H2,1-2H3. The number of nitrogens with zero attached hydrogens (tertiary/aromatic N) is 2. The van der Waals surface area contributed by atoms with Crippen LogP contribution in [0.2, 0.25) is 0 Å². The van der Waals surface area contributed by atoms with Crippen molar-refractivity contribution in [3.05, 3.63) is 29.8 Å². The van der Waals surface area contributed by atoms with Crippen molar-refractivity contribution in [2.75, 3.05) is 32.0 Å². The predicted octanol–water partition coefficient (Wildman–Crippen LogP) is 1.06. The Morgan fingerprint density at radius 2 is 1.81 bits per heavy atom. The van der Waals surface area contributed by atoms with E-state index in [4.69, 9.17) is 10.5 Å². The maximum absolute atomic E-state index is 12.8. The highest BCUT2D eigenvalue weighted by molar-refractivity contribution is 7.86. The van der Waals surface area contributed by atoms with Gasteiger partial charge in [0.25, 0.3) is 10.2 Å². The van der Waals surface area contributed by atoms with Gasteiger partial charge in [0.1, 0.15) is 0 Å². The highest BCUT2D eigenvalue weighted by atomic mass is 32.2. The average Bonchev–Trinajstić information content (AvgIpc) is 2.47. The molecule has 7 heteroatoms. The minimum Gasteiger partial charge on any atom is -0.399 e. The Hall–Kier alpha value is -1.15. The van der Waals surface area contributed by atoms with Crippen molar-refractivity contribution in [2.24, 2.45) is 0 Å². The molecule has 0 aromatic heterocycles. The summed E-state index contributed by atoms with van der Waals surface area (Å²) in [6.07, 6.45) is 0. The monoisotopic (exact) mass is 313 g/mol. The fraction of sp³-hybridized carbons (Fsp3) is 0.571. The van der Waals surface area contributed by atoms with Crippen LogP contribution in [0.3, 0.4) is 0 Å². The van der Waals surface area contributed by atoms with Gasteiger partial charge in [-0.3, -0.25) is 0 Å². The Balaban J connectivity index is 2.19. The van der Waals surface area contributed by atoms with Crippen molar-refractivity contribution in [1.82, 2.24) is 8.61 Å². The van der Waals surface area contributed by atoms with Crippen molar-refractivity contribution in [3.8, 4) is 0 Å². The summed E-state index contributed by atoms with van der Waals surface area (Å²) in [7, 11) is -3.48. The molecule has 118 valence electrons. The fourth-order valence-electron chi connectivity index (χ4n) is 2.26. The van der Waals surface area contributed by atoms with E-state index in [1.807, 2.05) is 26.0 Å². The van der Waals surface area contributed by atoms with Crippen LogP contribution in [0.4, 0.5) is 5.69 Å². The van der Waals surface area contributed by atoms with Gasteiger partial charge in [0, 0.05) is 31.4 Å². The van der Waals surface area contributed by atoms with Crippen LogP contribution in [0.5, 0.6) is 0 Å². The maximum atomic E-state index is 12.8. The Morgan fingerprint density at radius 3 is 2.33 bits per heavy atom. The molecule has 2 N–H and O–H groups in total. The van der Waals surface area contributed by atoms with Gasteiger partial charge in [-0.15, -0.1) is 0 Å². The minimum atomic E-state index is -3.48. The number of rotatable bonds is 5. The van der Waals surface area contributed by atoms with Crippen LogP contribution in [0, 0.1) is 0 Å². The zero-order chi connectivity index (χ0) is 15.5. The third-order valence-electron chi connectivity index (χ3n) is 3.49. The molecule has 1 heterocycles. The predicted molar refractivity (Wildman–Crippen MR) is 82.8 cm³/mol. The molecule has 0 radical (unpaired) electrons. The summed E-state index contributed by atoms with van der Waals surface area (Å²) in [5.41, 5.74) is 7.26. The largest absolute Gasteiger partial charge is 0.399 e. The van der Waals surface area contributed by atoms with Crippen LogP contribution < -0.4 is 5.73 Å². The second-order valence-electron chi connectivity index (χ2n) is 5.40. The van der Waals surface area contributed by atoms with Gasteiger partial charge < -0.3 is 10.5 Å². The molecule has 0 aliphatic carbocycles. The van der Waals surface area contributed by atoms with Crippen molar-refractivity contribution < 1.29 is 13.2 Å². The highest BCUT2D eigenvalue weighted by Gasteiger charge is 2.32. The van der Waals surface area contributed by atoms with Crippen LogP contribution >= 0.6 is 0 Å². The van der Waals surface area contributed by atoms with Crippen molar-refractivity contribution >= 4 is 15.9 Å². The van der Waals surface area contributed by atoms with E-state index >= 15 is 0 Å². The van der Waals surface area contributed by atoms with Gasteiger partial charge in [0.2, 0.25) is 0 Å². The van der Waals surface area contributed by atoms with E-state index in [9.17, 15) is 8.42 Å². The molecule has 1 aromatic rings. The van der Waals surface area contributed by atoms with Gasteiger partial charge in [-0.1, -0.05) is 12.1 Å². The molecule has 0 spiro atoms. The molecule has 21 heavy (non-hydrogen) atoms. The topological polar surface area (TPSA) is 75.9 Å². The molecule has 1 saturated heterocycles. The lowest BCUT2D eigenvalue weighted by Gasteiger charge is -2.34. The number of benzene rings is 1. The summed E-state index contributed by atoms with van der Waals surface area (Å²) in [4.78, 5) is 0. The molecule has 0 unspecified atom stereocenters. The lowest BCUT2D eigenvalue weighted by atomic mass is 10.2. The van der Waals surface area contributed by atoms with E-state index < -0.39 is 10.2 Å². The van der Waals surface area contributed by atoms with Crippen molar-refractivity contribution in [3.63, 3.8) is 0 Å². The molecule has 0 saturated carbocycles. The number of nitrogens with two attached hydrogens (primary N) is 1. The zero-order valence-corrected chi connectivity index (χ0v) is 13.3. The van der Waals surface area contributed by atoms with E-state index in [1.165, 1.54) is 8.61 Å². The summed E-state index contributed by atoms with van der Waals surface area (Å²) in [5.74, 6) is 0. The highest BCUT2D eigenvalue weighted by Crippen LogP contribution is 2.18. The quantitative estimate of drug-likeness (QED) is 0.825.